The predicted octanol–water partition coefficient (Wildman–Crippen LogP) is 13.9. The number of nitrogens with zero attached hydrogens (tertiary/aromatic N) is 3. The molecule has 0 amide bonds. The molecule has 1 aromatic heterocycles. The maximum Gasteiger partial charge on any atom is 0.256 e. The van der Waals surface area contributed by atoms with Gasteiger partial charge in [0.05, 0.1) is 5.52 Å². The van der Waals surface area contributed by atoms with E-state index < -0.39 is 0 Å². The van der Waals surface area contributed by atoms with Gasteiger partial charge in [-0.05, 0) is 212 Å². The summed E-state index contributed by atoms with van der Waals surface area (Å²) in [5, 5.41) is 2.61. The lowest BCUT2D eigenvalue weighted by Crippen LogP contribution is -2.64. The molecule has 0 atom stereocenters. The lowest BCUT2D eigenvalue weighted by atomic mass is 9.30. The zero-order chi connectivity index (χ0) is 50.9. The van der Waals surface area contributed by atoms with Crippen molar-refractivity contribution in [2.75, 3.05) is 9.80 Å². The Morgan fingerprint density at radius 2 is 0.893 bits per heavy atom. The molecular weight excluding hydrogens is 908 g/mol. The van der Waals surface area contributed by atoms with Gasteiger partial charge in [0.15, 0.2) is 0 Å². The first-order valence-corrected chi connectivity index (χ1v) is 26.6. The number of hydrogen-bond donors (Lipinski definition) is 0. The van der Waals surface area contributed by atoms with Crippen LogP contribution in [0.4, 0.5) is 34.1 Å². The Hall–Kier alpha value is -8.47. The fraction of sp³-hybridized carbons (Fsp3) is 0.130. The van der Waals surface area contributed by atoms with Crippen LogP contribution < -0.4 is 47.3 Å². The van der Waals surface area contributed by atoms with E-state index in [-0.39, 0.29) is 13.4 Å². The molecule has 4 aliphatic heterocycles. The molecule has 0 unspecified atom stereocenters. The summed E-state index contributed by atoms with van der Waals surface area (Å²) in [5.74, 6) is 1.81. The van der Waals surface area contributed by atoms with Crippen molar-refractivity contribution in [3.05, 3.63) is 220 Å². The van der Waals surface area contributed by atoms with Crippen molar-refractivity contribution in [2.24, 2.45) is 0 Å². The first-order chi connectivity index (χ1) is 36.4. The SMILES string of the molecule is Cc1ccc(N2c3cccc(C)c3B3c4cc5c(cc4Oc4cc(-c6c(C)cccc6C)cc2c43)N(c2ccc(C)cc2)c2cc(-c3c(C)cccc3C)cc3c2B5c2cc(C)cc4c5cc(C)ccc5n-3c24)cc1. The minimum absolute atomic E-state index is 0.0689. The molecular formula is C69H55B2N3O. The van der Waals surface area contributed by atoms with E-state index in [4.69, 9.17) is 4.74 Å². The average Bonchev–Trinajstić information content (AvgIpc) is 3.71. The number of aromatic nitrogens is 1. The molecule has 4 aliphatic rings. The molecule has 11 aromatic rings. The largest absolute Gasteiger partial charge is 0.458 e. The van der Waals surface area contributed by atoms with Crippen molar-refractivity contribution in [2.45, 2.75) is 62.3 Å². The highest BCUT2D eigenvalue weighted by atomic mass is 16.5. The Balaban J connectivity index is 1.07. The molecule has 358 valence electrons. The van der Waals surface area contributed by atoms with E-state index in [1.807, 2.05) is 0 Å². The molecule has 15 rings (SSSR count). The summed E-state index contributed by atoms with van der Waals surface area (Å²) in [5.41, 5.74) is 34.7. The van der Waals surface area contributed by atoms with Gasteiger partial charge in [-0.3, -0.25) is 0 Å². The number of anilines is 6. The van der Waals surface area contributed by atoms with Gasteiger partial charge in [0.25, 0.3) is 13.4 Å². The summed E-state index contributed by atoms with van der Waals surface area (Å²) in [6, 6.07) is 65.1. The van der Waals surface area contributed by atoms with E-state index >= 15 is 0 Å². The van der Waals surface area contributed by atoms with Crippen LogP contribution in [-0.2, 0) is 0 Å². The van der Waals surface area contributed by atoms with Gasteiger partial charge < -0.3 is 19.1 Å². The minimum atomic E-state index is -0.0930. The monoisotopic (exact) mass is 963 g/mol. The van der Waals surface area contributed by atoms with Gasteiger partial charge in [-0.2, -0.15) is 0 Å². The van der Waals surface area contributed by atoms with Crippen molar-refractivity contribution >= 4 is 102 Å². The van der Waals surface area contributed by atoms with Crippen LogP contribution in [0.15, 0.2) is 170 Å². The fourth-order valence-electron chi connectivity index (χ4n) is 14.0. The smallest absolute Gasteiger partial charge is 0.256 e. The molecule has 10 aromatic carbocycles. The zero-order valence-corrected chi connectivity index (χ0v) is 44.1. The third kappa shape index (κ3) is 6.20. The second-order valence-corrected chi connectivity index (χ2v) is 22.2. The van der Waals surface area contributed by atoms with E-state index in [2.05, 4.69) is 247 Å². The molecule has 0 saturated carbocycles. The van der Waals surface area contributed by atoms with Crippen LogP contribution in [0, 0.1) is 62.3 Å². The van der Waals surface area contributed by atoms with Crippen LogP contribution in [0.5, 0.6) is 11.5 Å². The highest BCUT2D eigenvalue weighted by Crippen LogP contribution is 2.48. The second-order valence-electron chi connectivity index (χ2n) is 22.2. The second kappa shape index (κ2) is 15.8. The summed E-state index contributed by atoms with van der Waals surface area (Å²) in [6.45, 7) is 20.0. The third-order valence-corrected chi connectivity index (χ3v) is 17.3. The van der Waals surface area contributed by atoms with E-state index in [1.165, 1.54) is 138 Å². The summed E-state index contributed by atoms with van der Waals surface area (Å²) in [7, 11) is 0. The quantitative estimate of drug-likeness (QED) is 0.164. The number of rotatable bonds is 4. The van der Waals surface area contributed by atoms with Crippen LogP contribution in [0.2, 0.25) is 0 Å². The van der Waals surface area contributed by atoms with E-state index in [9.17, 15) is 0 Å². The first-order valence-electron chi connectivity index (χ1n) is 26.6. The maximum absolute atomic E-state index is 7.64. The number of ether oxygens (including phenoxy) is 1. The van der Waals surface area contributed by atoms with Crippen LogP contribution in [0.25, 0.3) is 49.7 Å². The molecule has 4 nitrogen and oxygen atoms in total. The molecule has 0 saturated heterocycles. The summed E-state index contributed by atoms with van der Waals surface area (Å²) in [4.78, 5) is 5.06. The van der Waals surface area contributed by atoms with Gasteiger partial charge in [0.1, 0.15) is 11.5 Å². The van der Waals surface area contributed by atoms with Crippen LogP contribution in [0.1, 0.15) is 50.1 Å². The van der Waals surface area contributed by atoms with Gasteiger partial charge in [-0.1, -0.05) is 119 Å². The maximum atomic E-state index is 7.64. The Kier molecular flexibility index (Phi) is 9.26. The Morgan fingerprint density at radius 1 is 0.347 bits per heavy atom. The Bertz CT molecular complexity index is 4300. The van der Waals surface area contributed by atoms with Crippen molar-refractivity contribution in [1.82, 2.24) is 4.57 Å². The fourth-order valence-corrected chi connectivity index (χ4v) is 14.0. The first kappa shape index (κ1) is 44.1. The average molecular weight is 964 g/mol. The summed E-state index contributed by atoms with van der Waals surface area (Å²) < 4.78 is 10.3. The molecule has 6 heteroatoms. The normalized spacial score (nSPS) is 13.4. The van der Waals surface area contributed by atoms with Gasteiger partial charge in [0, 0.05) is 62.2 Å². The van der Waals surface area contributed by atoms with Crippen LogP contribution in [-0.4, -0.2) is 18.0 Å². The Labute approximate surface area is 440 Å². The van der Waals surface area contributed by atoms with Crippen LogP contribution in [0.3, 0.4) is 0 Å². The molecule has 0 fully saturated rings. The van der Waals surface area contributed by atoms with Crippen LogP contribution >= 0.6 is 0 Å². The standard InChI is InChI=1S/C69H55B2N3O/c1-38-19-24-49(25-20-38)72-57-18-12-17-46(9)66(57)71-54-36-53-58(37-62(54)75-63-35-48(34-61(72)68(63)71)65-44(7)15-11-16-45(65)8)73(50-26-21-39(2)22-27-50)59-32-47(64-42(5)13-10-14-43(64)6)33-60-67(59)70(53)55-31-41(4)30-52-51-29-40(3)23-28-56(51)74(60)69(52)55/h10-37H,1-9H3. The lowest BCUT2D eigenvalue weighted by Gasteiger charge is -2.44. The minimum Gasteiger partial charge on any atom is -0.458 e. The van der Waals surface area contributed by atoms with E-state index in [1.54, 1.807) is 0 Å². The molecule has 0 radical (unpaired) electrons. The lowest BCUT2D eigenvalue weighted by molar-refractivity contribution is 0.488. The molecule has 0 N–H and O–H groups in total. The van der Waals surface area contributed by atoms with Gasteiger partial charge in [-0.15, -0.1) is 0 Å². The highest BCUT2D eigenvalue weighted by Gasteiger charge is 2.48. The number of fused-ring (bicyclic) bond motifs is 11. The van der Waals surface area contributed by atoms with Gasteiger partial charge in [-0.25, -0.2) is 0 Å². The topological polar surface area (TPSA) is 20.6 Å². The van der Waals surface area contributed by atoms with Crippen molar-refractivity contribution in [1.29, 1.82) is 0 Å². The predicted molar refractivity (Wildman–Crippen MR) is 319 cm³/mol. The van der Waals surface area contributed by atoms with Crippen molar-refractivity contribution < 1.29 is 4.74 Å². The zero-order valence-electron chi connectivity index (χ0n) is 44.1. The Morgan fingerprint density at radius 3 is 1.55 bits per heavy atom. The van der Waals surface area contributed by atoms with Crippen molar-refractivity contribution in [3.8, 4) is 39.4 Å². The molecule has 75 heavy (non-hydrogen) atoms. The van der Waals surface area contributed by atoms with E-state index in [0.717, 1.165) is 39.8 Å². The summed E-state index contributed by atoms with van der Waals surface area (Å²) in [6.07, 6.45) is 0. The molecule has 5 heterocycles. The van der Waals surface area contributed by atoms with Crippen molar-refractivity contribution in [3.63, 3.8) is 0 Å². The highest BCUT2D eigenvalue weighted by molar-refractivity contribution is 7.02. The van der Waals surface area contributed by atoms with Gasteiger partial charge in [0.2, 0.25) is 0 Å². The molecule has 0 aliphatic carbocycles. The number of benzene rings is 10. The third-order valence-electron chi connectivity index (χ3n) is 17.3. The van der Waals surface area contributed by atoms with E-state index in [0.29, 0.717) is 0 Å². The van der Waals surface area contributed by atoms with Gasteiger partial charge >= 0.3 is 0 Å². The number of aryl methyl sites for hydroxylation is 9. The molecule has 0 bridgehead atoms. The number of hydrogen-bond acceptors (Lipinski definition) is 3. The summed E-state index contributed by atoms with van der Waals surface area (Å²) >= 11 is 0. The molecule has 0 spiro atoms.